The van der Waals surface area contributed by atoms with Gasteiger partial charge in [0.25, 0.3) is 0 Å². The second-order valence-corrected chi connectivity index (χ2v) is 19.9. The molecule has 0 amide bonds. The number of aryl methyl sites for hydroxylation is 1. The quantitative estimate of drug-likeness (QED) is 0.163. The largest absolute Gasteiger partial charge is 0.375 e. The third-order valence-electron chi connectivity index (χ3n) is 13.0. The fraction of sp³-hybridized carbons (Fsp3) is 0.236. The Bertz CT molecular complexity index is 2940. The number of aromatic nitrogens is 1. The summed E-state index contributed by atoms with van der Waals surface area (Å²) in [4.78, 5) is 2.58. The molecule has 0 unspecified atom stereocenters. The van der Waals surface area contributed by atoms with Crippen LogP contribution < -0.4 is 15.8 Å². The Kier molecular flexibility index (Phi) is 7.94. The van der Waals surface area contributed by atoms with Crippen molar-refractivity contribution in [3.63, 3.8) is 0 Å². The molecular formula is C55H53BN2. The summed E-state index contributed by atoms with van der Waals surface area (Å²) < 4.78 is 2.77. The Morgan fingerprint density at radius 3 is 1.81 bits per heavy atom. The topological polar surface area (TPSA) is 8.17 Å². The van der Waals surface area contributed by atoms with E-state index in [-0.39, 0.29) is 23.1 Å². The van der Waals surface area contributed by atoms with Crippen LogP contribution in [0.4, 0.5) is 17.1 Å². The minimum atomic E-state index is -0.0796. The van der Waals surface area contributed by atoms with Crippen LogP contribution in [-0.4, -0.2) is 11.3 Å². The zero-order valence-corrected chi connectivity index (χ0v) is 35.8. The molecule has 0 aliphatic carbocycles. The highest BCUT2D eigenvalue weighted by atomic mass is 15.2. The SMILES string of the molecule is Cc1ccccc1-c1c(-c2ccccc2)n2c3c(c4ccccc4cc13)-c1cc(C(C)(C)C)cc3c1B2c1cc(C(C)(C)C)ccc1N3c1ccc(C(C)(C)C)cc1. The fourth-order valence-corrected chi connectivity index (χ4v) is 9.81. The number of rotatable bonds is 3. The van der Waals surface area contributed by atoms with Crippen LogP contribution in [0.2, 0.25) is 0 Å². The number of hydrogen-bond acceptors (Lipinski definition) is 1. The summed E-state index contributed by atoms with van der Waals surface area (Å²) in [5.74, 6) is 0. The van der Waals surface area contributed by atoms with Crippen LogP contribution in [0.1, 0.15) is 84.6 Å². The van der Waals surface area contributed by atoms with E-state index in [4.69, 9.17) is 0 Å². The van der Waals surface area contributed by atoms with E-state index in [9.17, 15) is 0 Å². The smallest absolute Gasteiger partial charge is 0.333 e. The molecule has 3 heterocycles. The van der Waals surface area contributed by atoms with Gasteiger partial charge >= 0.3 is 6.85 Å². The van der Waals surface area contributed by atoms with Gasteiger partial charge in [0.1, 0.15) is 0 Å². The van der Waals surface area contributed by atoms with Crippen molar-refractivity contribution < 1.29 is 0 Å². The number of anilines is 3. The predicted molar refractivity (Wildman–Crippen MR) is 252 cm³/mol. The van der Waals surface area contributed by atoms with Gasteiger partial charge in [0.15, 0.2) is 0 Å². The minimum absolute atomic E-state index is 0.0310. The summed E-state index contributed by atoms with van der Waals surface area (Å²) in [6.07, 6.45) is 0. The Morgan fingerprint density at radius 1 is 0.483 bits per heavy atom. The first-order chi connectivity index (χ1) is 27.6. The standard InChI is InChI=1S/C55H53BN2/c1-34-18-14-16-22-41(34)48-44-30-36-21-15-17-23-42(36)49-43-31-39(55(8,9)10)33-47-50(43)56(58(52(44)49)51(48)35-19-12-11-13-20-35)45-32-38(54(5,6)7)26-29-46(45)57(47)40-27-24-37(25-28-40)53(2,3)4/h11-33H,1-10H3. The zero-order valence-electron chi connectivity index (χ0n) is 35.8. The lowest BCUT2D eigenvalue weighted by molar-refractivity contribution is 0.590. The van der Waals surface area contributed by atoms with Gasteiger partial charge in [-0.2, -0.15) is 0 Å². The van der Waals surface area contributed by atoms with Crippen molar-refractivity contribution in [2.24, 2.45) is 0 Å². The van der Waals surface area contributed by atoms with Crippen molar-refractivity contribution in [1.82, 2.24) is 4.48 Å². The molecule has 0 fully saturated rings. The second kappa shape index (κ2) is 12.6. The monoisotopic (exact) mass is 752 g/mol. The number of benzene rings is 7. The van der Waals surface area contributed by atoms with Crippen molar-refractivity contribution in [3.8, 4) is 33.5 Å². The molecule has 58 heavy (non-hydrogen) atoms. The average molecular weight is 753 g/mol. The van der Waals surface area contributed by atoms with Gasteiger partial charge in [0.05, 0.1) is 0 Å². The first-order valence-electron chi connectivity index (χ1n) is 21.1. The van der Waals surface area contributed by atoms with Crippen molar-refractivity contribution in [1.29, 1.82) is 0 Å². The average Bonchev–Trinajstić information content (AvgIpc) is 3.52. The molecule has 10 rings (SSSR count). The molecule has 0 N–H and O–H groups in total. The van der Waals surface area contributed by atoms with Gasteiger partial charge in [-0.25, -0.2) is 0 Å². The van der Waals surface area contributed by atoms with Crippen molar-refractivity contribution in [2.75, 3.05) is 4.90 Å². The summed E-state index contributed by atoms with van der Waals surface area (Å²) in [7, 11) is 0. The van der Waals surface area contributed by atoms with Crippen LogP contribution in [0.3, 0.4) is 0 Å². The maximum atomic E-state index is 2.77. The van der Waals surface area contributed by atoms with Crippen LogP contribution >= 0.6 is 0 Å². The highest BCUT2D eigenvalue weighted by molar-refractivity contribution is 6.90. The van der Waals surface area contributed by atoms with Gasteiger partial charge in [0, 0.05) is 44.8 Å². The van der Waals surface area contributed by atoms with E-state index in [2.05, 4.69) is 218 Å². The first kappa shape index (κ1) is 36.5. The maximum absolute atomic E-state index is 2.77. The van der Waals surface area contributed by atoms with Crippen molar-refractivity contribution in [2.45, 2.75) is 85.5 Å². The zero-order chi connectivity index (χ0) is 40.5. The molecule has 3 heteroatoms. The van der Waals surface area contributed by atoms with Gasteiger partial charge < -0.3 is 9.38 Å². The molecule has 1 aromatic heterocycles. The highest BCUT2D eigenvalue weighted by Gasteiger charge is 2.45. The lowest BCUT2D eigenvalue weighted by Crippen LogP contribution is -2.57. The van der Waals surface area contributed by atoms with Gasteiger partial charge in [-0.15, -0.1) is 0 Å². The molecule has 2 nitrogen and oxygen atoms in total. The van der Waals surface area contributed by atoms with Crippen LogP contribution in [-0.2, 0) is 16.2 Å². The Labute approximate surface area is 345 Å². The van der Waals surface area contributed by atoms with E-state index in [0.29, 0.717) is 0 Å². The van der Waals surface area contributed by atoms with Crippen LogP contribution in [0, 0.1) is 6.92 Å². The lowest BCUT2D eigenvalue weighted by Gasteiger charge is -2.42. The van der Waals surface area contributed by atoms with Crippen LogP contribution in [0.25, 0.3) is 55.2 Å². The van der Waals surface area contributed by atoms with Gasteiger partial charge in [0.2, 0.25) is 0 Å². The van der Waals surface area contributed by atoms with E-state index in [0.717, 1.165) is 0 Å². The minimum Gasteiger partial charge on any atom is -0.375 e. The summed E-state index contributed by atoms with van der Waals surface area (Å²) in [6.45, 7) is 23.2. The number of fused-ring (bicyclic) bond motifs is 6. The molecule has 0 saturated carbocycles. The highest BCUT2D eigenvalue weighted by Crippen LogP contribution is 2.52. The van der Waals surface area contributed by atoms with Crippen molar-refractivity contribution in [3.05, 3.63) is 162 Å². The van der Waals surface area contributed by atoms with Gasteiger partial charge in [-0.05, 0) is 114 Å². The molecule has 2 aliphatic rings. The molecular weight excluding hydrogens is 699 g/mol. The Hall–Kier alpha value is -5.80. The third-order valence-corrected chi connectivity index (χ3v) is 13.0. The molecule has 286 valence electrons. The van der Waals surface area contributed by atoms with E-state index in [1.54, 1.807) is 0 Å². The van der Waals surface area contributed by atoms with Crippen LogP contribution in [0.5, 0.6) is 0 Å². The second-order valence-electron chi connectivity index (χ2n) is 19.9. The molecule has 7 aromatic carbocycles. The fourth-order valence-electron chi connectivity index (χ4n) is 9.81. The first-order valence-corrected chi connectivity index (χ1v) is 21.1. The van der Waals surface area contributed by atoms with Gasteiger partial charge in [-0.3, -0.25) is 0 Å². The summed E-state index contributed by atoms with van der Waals surface area (Å²) in [5, 5.41) is 3.88. The predicted octanol–water partition coefficient (Wildman–Crippen LogP) is 13.7. The molecule has 0 atom stereocenters. The number of hydrogen-bond donors (Lipinski definition) is 0. The molecule has 0 saturated heterocycles. The van der Waals surface area contributed by atoms with E-state index in [1.165, 1.54) is 105 Å². The summed E-state index contributed by atoms with van der Waals surface area (Å²) in [6, 6.07) is 53.5. The molecule has 8 aromatic rings. The van der Waals surface area contributed by atoms with Gasteiger partial charge in [-0.1, -0.05) is 172 Å². The Morgan fingerprint density at radius 2 is 1.12 bits per heavy atom. The number of nitrogens with zero attached hydrogens (tertiary/aromatic N) is 2. The third kappa shape index (κ3) is 5.46. The van der Waals surface area contributed by atoms with E-state index in [1.807, 2.05) is 0 Å². The normalized spacial score (nSPS) is 13.6. The molecule has 2 aliphatic heterocycles. The lowest BCUT2D eigenvalue weighted by atomic mass is 9.44. The summed E-state index contributed by atoms with van der Waals surface area (Å²) in [5.41, 5.74) is 20.8. The van der Waals surface area contributed by atoms with Crippen molar-refractivity contribution >= 4 is 56.5 Å². The van der Waals surface area contributed by atoms with Crippen LogP contribution in [0.15, 0.2) is 140 Å². The molecule has 0 bridgehead atoms. The molecule has 0 spiro atoms. The van der Waals surface area contributed by atoms with E-state index < -0.39 is 0 Å². The maximum Gasteiger partial charge on any atom is 0.333 e. The molecule has 0 radical (unpaired) electrons. The summed E-state index contributed by atoms with van der Waals surface area (Å²) >= 11 is 0. The van der Waals surface area contributed by atoms with E-state index >= 15 is 0 Å². The Balaban J connectivity index is 1.44.